The molecule has 0 radical (unpaired) electrons. The quantitative estimate of drug-likeness (QED) is 0.560. The van der Waals surface area contributed by atoms with Crippen molar-refractivity contribution in [2.24, 2.45) is 0 Å². The van der Waals surface area contributed by atoms with Crippen molar-refractivity contribution in [2.75, 3.05) is 7.11 Å². The van der Waals surface area contributed by atoms with Crippen LogP contribution < -0.4 is 0 Å². The SMILES string of the molecule is COC(=O)c1cnc(C=CCC=O)s1. The molecule has 0 amide bonds. The number of aromatic nitrogens is 1. The van der Waals surface area contributed by atoms with E-state index in [1.165, 1.54) is 24.6 Å². The molecule has 74 valence electrons. The molecule has 4 nitrogen and oxygen atoms in total. The van der Waals surface area contributed by atoms with Crippen LogP contribution in [-0.2, 0) is 9.53 Å². The highest BCUT2D eigenvalue weighted by atomic mass is 32.1. The molecule has 0 spiro atoms. The van der Waals surface area contributed by atoms with E-state index >= 15 is 0 Å². The van der Waals surface area contributed by atoms with Gasteiger partial charge in [0.15, 0.2) is 0 Å². The Labute approximate surface area is 85.2 Å². The summed E-state index contributed by atoms with van der Waals surface area (Å²) in [5.74, 6) is -0.391. The first-order chi connectivity index (χ1) is 6.77. The largest absolute Gasteiger partial charge is 0.465 e. The van der Waals surface area contributed by atoms with E-state index in [1.807, 2.05) is 0 Å². The van der Waals surface area contributed by atoms with Gasteiger partial charge >= 0.3 is 5.97 Å². The van der Waals surface area contributed by atoms with E-state index in [1.54, 1.807) is 12.2 Å². The third kappa shape index (κ3) is 2.77. The van der Waals surface area contributed by atoms with Crippen LogP contribution in [0.1, 0.15) is 21.1 Å². The molecule has 0 aliphatic rings. The van der Waals surface area contributed by atoms with Gasteiger partial charge in [-0.1, -0.05) is 6.08 Å². The summed E-state index contributed by atoms with van der Waals surface area (Å²) in [6.45, 7) is 0. The first-order valence-electron chi connectivity index (χ1n) is 3.92. The lowest BCUT2D eigenvalue weighted by atomic mass is 10.4. The van der Waals surface area contributed by atoms with Gasteiger partial charge in [-0.3, -0.25) is 0 Å². The molecule has 0 atom stereocenters. The Hall–Kier alpha value is -1.49. The van der Waals surface area contributed by atoms with Crippen molar-refractivity contribution in [2.45, 2.75) is 6.42 Å². The van der Waals surface area contributed by atoms with Crippen LogP contribution in [0.25, 0.3) is 6.08 Å². The Morgan fingerprint density at radius 1 is 1.71 bits per heavy atom. The molecule has 0 aromatic carbocycles. The molecular weight excluding hydrogens is 202 g/mol. The fourth-order valence-electron chi connectivity index (χ4n) is 0.784. The van der Waals surface area contributed by atoms with Crippen LogP contribution in [0.5, 0.6) is 0 Å². The molecule has 0 N–H and O–H groups in total. The van der Waals surface area contributed by atoms with Crippen LogP contribution >= 0.6 is 11.3 Å². The summed E-state index contributed by atoms with van der Waals surface area (Å²) in [7, 11) is 1.32. The average molecular weight is 211 g/mol. The maximum Gasteiger partial charge on any atom is 0.349 e. The molecule has 1 aromatic heterocycles. The van der Waals surface area contributed by atoms with Crippen molar-refractivity contribution in [3.05, 3.63) is 22.2 Å². The number of esters is 1. The molecule has 0 aliphatic carbocycles. The molecule has 1 aromatic rings. The fraction of sp³-hybridized carbons (Fsp3) is 0.222. The van der Waals surface area contributed by atoms with Crippen molar-refractivity contribution in [3.8, 4) is 0 Å². The number of ether oxygens (including phenoxy) is 1. The Morgan fingerprint density at radius 3 is 3.14 bits per heavy atom. The zero-order valence-corrected chi connectivity index (χ0v) is 8.41. The van der Waals surface area contributed by atoms with E-state index < -0.39 is 5.97 Å². The second-order valence-electron chi connectivity index (χ2n) is 2.36. The third-order valence-electron chi connectivity index (χ3n) is 1.40. The zero-order valence-electron chi connectivity index (χ0n) is 7.60. The number of nitrogens with zero attached hydrogens (tertiary/aromatic N) is 1. The summed E-state index contributed by atoms with van der Waals surface area (Å²) in [6.07, 6.45) is 5.99. The van der Waals surface area contributed by atoms with Gasteiger partial charge in [-0.2, -0.15) is 0 Å². The lowest BCUT2D eigenvalue weighted by Crippen LogP contribution is -1.96. The summed E-state index contributed by atoms with van der Waals surface area (Å²) in [6, 6.07) is 0. The monoisotopic (exact) mass is 211 g/mol. The Bertz CT molecular complexity index is 357. The molecule has 0 aliphatic heterocycles. The molecule has 0 bridgehead atoms. The molecule has 0 unspecified atom stereocenters. The van der Waals surface area contributed by atoms with Gasteiger partial charge in [0.25, 0.3) is 0 Å². The molecule has 0 saturated heterocycles. The number of hydrogen-bond acceptors (Lipinski definition) is 5. The Balaban J connectivity index is 2.68. The molecule has 1 rings (SSSR count). The van der Waals surface area contributed by atoms with E-state index in [0.717, 1.165) is 6.29 Å². The minimum atomic E-state index is -0.391. The van der Waals surface area contributed by atoms with Crippen molar-refractivity contribution in [1.82, 2.24) is 4.98 Å². The highest BCUT2D eigenvalue weighted by molar-refractivity contribution is 7.14. The zero-order chi connectivity index (χ0) is 10.4. The van der Waals surface area contributed by atoms with Crippen molar-refractivity contribution < 1.29 is 14.3 Å². The summed E-state index contributed by atoms with van der Waals surface area (Å²) in [5.41, 5.74) is 0. The van der Waals surface area contributed by atoms with E-state index in [4.69, 9.17) is 0 Å². The van der Waals surface area contributed by atoms with E-state index in [0.29, 0.717) is 16.3 Å². The van der Waals surface area contributed by atoms with Crippen LogP contribution in [0.3, 0.4) is 0 Å². The van der Waals surface area contributed by atoms with Crippen molar-refractivity contribution >= 4 is 29.7 Å². The second-order valence-corrected chi connectivity index (χ2v) is 3.42. The normalized spacial score (nSPS) is 10.4. The highest BCUT2D eigenvalue weighted by Crippen LogP contribution is 2.15. The number of aldehydes is 1. The van der Waals surface area contributed by atoms with Gasteiger partial charge in [-0.05, 0) is 6.08 Å². The van der Waals surface area contributed by atoms with Crippen LogP contribution in [0.2, 0.25) is 0 Å². The van der Waals surface area contributed by atoms with Crippen LogP contribution in [-0.4, -0.2) is 24.3 Å². The molecular formula is C9H9NO3S. The van der Waals surface area contributed by atoms with Gasteiger partial charge in [0.2, 0.25) is 0 Å². The predicted molar refractivity (Wildman–Crippen MR) is 53.2 cm³/mol. The average Bonchev–Trinajstić information content (AvgIpc) is 2.66. The maximum absolute atomic E-state index is 11.0. The van der Waals surface area contributed by atoms with Gasteiger partial charge < -0.3 is 9.53 Å². The van der Waals surface area contributed by atoms with Gasteiger partial charge in [-0.25, -0.2) is 9.78 Å². The minimum Gasteiger partial charge on any atom is -0.465 e. The van der Waals surface area contributed by atoms with Crippen LogP contribution in [0, 0.1) is 0 Å². The lowest BCUT2D eigenvalue weighted by Gasteiger charge is -1.89. The van der Waals surface area contributed by atoms with Gasteiger partial charge in [0, 0.05) is 6.42 Å². The number of carbonyl (C=O) groups is 2. The number of thiazole rings is 1. The summed E-state index contributed by atoms with van der Waals surface area (Å²) < 4.78 is 4.53. The molecule has 14 heavy (non-hydrogen) atoms. The molecule has 1 heterocycles. The summed E-state index contributed by atoms with van der Waals surface area (Å²) in [4.78, 5) is 25.5. The lowest BCUT2D eigenvalue weighted by molar-refractivity contribution is -0.107. The van der Waals surface area contributed by atoms with Crippen molar-refractivity contribution in [3.63, 3.8) is 0 Å². The summed E-state index contributed by atoms with van der Waals surface area (Å²) >= 11 is 1.23. The number of rotatable bonds is 4. The Morgan fingerprint density at radius 2 is 2.50 bits per heavy atom. The van der Waals surface area contributed by atoms with E-state index in [-0.39, 0.29) is 0 Å². The van der Waals surface area contributed by atoms with E-state index in [2.05, 4.69) is 9.72 Å². The van der Waals surface area contributed by atoms with Gasteiger partial charge in [0.05, 0.1) is 13.3 Å². The number of carbonyl (C=O) groups excluding carboxylic acids is 2. The highest BCUT2D eigenvalue weighted by Gasteiger charge is 2.08. The number of allylic oxidation sites excluding steroid dienone is 1. The standard InChI is InChI=1S/C9H9NO3S/c1-13-9(12)7-6-10-8(14-7)4-2-3-5-11/h2,4-6H,3H2,1H3. The van der Waals surface area contributed by atoms with Crippen LogP contribution in [0.15, 0.2) is 12.3 Å². The third-order valence-corrected chi connectivity index (χ3v) is 2.35. The maximum atomic E-state index is 11.0. The first-order valence-corrected chi connectivity index (χ1v) is 4.74. The van der Waals surface area contributed by atoms with Gasteiger partial charge in [-0.15, -0.1) is 11.3 Å². The van der Waals surface area contributed by atoms with Crippen LogP contribution in [0.4, 0.5) is 0 Å². The number of methoxy groups -OCH3 is 1. The molecule has 5 heteroatoms. The topological polar surface area (TPSA) is 56.3 Å². The molecule has 0 fully saturated rings. The van der Waals surface area contributed by atoms with E-state index in [9.17, 15) is 9.59 Å². The van der Waals surface area contributed by atoms with Gasteiger partial charge in [0.1, 0.15) is 16.2 Å². The summed E-state index contributed by atoms with van der Waals surface area (Å²) in [5, 5.41) is 0.687. The predicted octanol–water partition coefficient (Wildman–Crippen LogP) is 1.53. The smallest absolute Gasteiger partial charge is 0.349 e. The minimum absolute atomic E-state index is 0.354. The number of hydrogen-bond donors (Lipinski definition) is 0. The second kappa shape index (κ2) is 5.29. The molecule has 0 saturated carbocycles. The first kappa shape index (κ1) is 10.6. The Kier molecular flexibility index (Phi) is 4.00. The van der Waals surface area contributed by atoms with Crippen molar-refractivity contribution in [1.29, 1.82) is 0 Å². The fourth-order valence-corrected chi connectivity index (χ4v) is 1.55.